The molecular formula is C20H16N6O6. The molecule has 0 spiro atoms. The van der Waals surface area contributed by atoms with E-state index in [1.54, 1.807) is 0 Å². The summed E-state index contributed by atoms with van der Waals surface area (Å²) in [5.41, 5.74) is 11.9. The molecule has 0 aliphatic carbocycles. The third kappa shape index (κ3) is 4.43. The Labute approximate surface area is 180 Å². The topological polar surface area (TPSA) is 204 Å². The van der Waals surface area contributed by atoms with E-state index in [-0.39, 0.29) is 33.9 Å². The minimum absolute atomic E-state index is 0.0991. The molecule has 12 nitrogen and oxygen atoms in total. The summed E-state index contributed by atoms with van der Waals surface area (Å²) in [6.07, 6.45) is 2.40. The molecule has 0 unspecified atom stereocenters. The first-order valence-electron chi connectivity index (χ1n) is 8.89. The van der Waals surface area contributed by atoms with Gasteiger partial charge in [0.1, 0.15) is 0 Å². The van der Waals surface area contributed by atoms with E-state index in [2.05, 4.69) is 9.98 Å². The highest BCUT2D eigenvalue weighted by atomic mass is 16.6. The van der Waals surface area contributed by atoms with Gasteiger partial charge in [-0.05, 0) is 24.3 Å². The molecule has 3 aromatic rings. The van der Waals surface area contributed by atoms with Crippen molar-refractivity contribution in [2.75, 3.05) is 11.5 Å². The van der Waals surface area contributed by atoms with Gasteiger partial charge in [-0.3, -0.25) is 30.2 Å². The predicted molar refractivity (Wildman–Crippen MR) is 119 cm³/mol. The molecule has 0 radical (unpaired) electrons. The second-order valence-electron chi connectivity index (χ2n) is 6.43. The van der Waals surface area contributed by atoms with Gasteiger partial charge in [-0.2, -0.15) is 0 Å². The Morgan fingerprint density at radius 1 is 0.750 bits per heavy atom. The SMILES string of the molecule is Nc1cc(N)c(N=Cc2cccc([N+](=O)[O-])c2O)cc1N=Cc1cccc([N+](=O)[O-])c1O. The maximum atomic E-state index is 11.0. The lowest BCUT2D eigenvalue weighted by atomic mass is 10.1. The summed E-state index contributed by atoms with van der Waals surface area (Å²) in [5.74, 6) is -1.09. The number of phenolic OH excluding ortho intramolecular Hbond substituents is 2. The van der Waals surface area contributed by atoms with Gasteiger partial charge in [0.25, 0.3) is 0 Å². The van der Waals surface area contributed by atoms with Crippen LogP contribution < -0.4 is 11.5 Å². The number of para-hydroxylation sites is 2. The average Bonchev–Trinajstić information content (AvgIpc) is 2.73. The molecule has 162 valence electrons. The van der Waals surface area contributed by atoms with E-state index in [4.69, 9.17) is 11.5 Å². The average molecular weight is 436 g/mol. The lowest BCUT2D eigenvalue weighted by molar-refractivity contribution is -0.386. The maximum Gasteiger partial charge on any atom is 0.311 e. The fourth-order valence-electron chi connectivity index (χ4n) is 2.71. The number of nitrogens with two attached hydrogens (primary N) is 2. The summed E-state index contributed by atoms with van der Waals surface area (Å²) in [6.45, 7) is 0. The zero-order valence-corrected chi connectivity index (χ0v) is 16.2. The number of nitro groups is 2. The fourth-order valence-corrected chi connectivity index (χ4v) is 2.71. The van der Waals surface area contributed by atoms with Crippen molar-refractivity contribution in [1.82, 2.24) is 0 Å². The molecule has 0 atom stereocenters. The fraction of sp³-hybridized carbons (Fsp3) is 0. The number of phenols is 2. The predicted octanol–water partition coefficient (Wildman–Crippen LogP) is 3.58. The van der Waals surface area contributed by atoms with E-state index in [0.29, 0.717) is 0 Å². The van der Waals surface area contributed by atoms with Crippen molar-refractivity contribution in [2.45, 2.75) is 0 Å². The number of rotatable bonds is 6. The summed E-state index contributed by atoms with van der Waals surface area (Å²) in [5, 5.41) is 42.0. The molecule has 0 aromatic heterocycles. The summed E-state index contributed by atoms with van der Waals surface area (Å²) in [7, 11) is 0. The summed E-state index contributed by atoms with van der Waals surface area (Å²) >= 11 is 0. The normalized spacial score (nSPS) is 11.2. The van der Waals surface area contributed by atoms with Crippen molar-refractivity contribution < 1.29 is 20.1 Å². The number of hydrogen-bond donors (Lipinski definition) is 4. The number of aliphatic imine (C=N–C) groups is 2. The molecule has 0 heterocycles. The smallest absolute Gasteiger partial charge is 0.311 e. The van der Waals surface area contributed by atoms with Gasteiger partial charge in [0.05, 0.1) is 32.6 Å². The molecule has 0 amide bonds. The monoisotopic (exact) mass is 436 g/mol. The zero-order valence-electron chi connectivity index (χ0n) is 16.2. The third-order valence-electron chi connectivity index (χ3n) is 4.35. The minimum Gasteiger partial charge on any atom is -0.502 e. The van der Waals surface area contributed by atoms with E-state index in [0.717, 1.165) is 12.1 Å². The van der Waals surface area contributed by atoms with Crippen molar-refractivity contribution in [3.8, 4) is 11.5 Å². The number of nitro benzene ring substituents is 2. The Kier molecular flexibility index (Phi) is 5.96. The van der Waals surface area contributed by atoms with Gasteiger partial charge in [0, 0.05) is 35.7 Å². The third-order valence-corrected chi connectivity index (χ3v) is 4.35. The number of nitrogen functional groups attached to an aromatic ring is 2. The first-order valence-corrected chi connectivity index (χ1v) is 8.89. The molecular weight excluding hydrogens is 420 g/mol. The summed E-state index contributed by atoms with van der Waals surface area (Å²) in [6, 6.07) is 10.8. The molecule has 6 N–H and O–H groups in total. The van der Waals surface area contributed by atoms with Gasteiger partial charge in [-0.25, -0.2) is 0 Å². The van der Waals surface area contributed by atoms with Crippen molar-refractivity contribution in [1.29, 1.82) is 0 Å². The standard InChI is InChI=1S/C20H16N6O6/c21-13-7-14(22)16(24-10-12-4-2-6-18(20(12)28)26(31)32)8-15(13)23-9-11-3-1-5-17(19(11)27)25(29)30/h1-10,27-28H,21-22H2. The van der Waals surface area contributed by atoms with Gasteiger partial charge >= 0.3 is 11.4 Å². The lowest BCUT2D eigenvalue weighted by Gasteiger charge is -2.06. The van der Waals surface area contributed by atoms with Crippen LogP contribution in [-0.2, 0) is 0 Å². The maximum absolute atomic E-state index is 11.0. The highest BCUT2D eigenvalue weighted by Crippen LogP contribution is 2.35. The second kappa shape index (κ2) is 8.79. The first kappa shape index (κ1) is 21.7. The van der Waals surface area contributed by atoms with Crippen LogP contribution in [0.3, 0.4) is 0 Å². The number of hydrogen-bond acceptors (Lipinski definition) is 10. The quantitative estimate of drug-likeness (QED) is 0.194. The molecule has 0 aliphatic rings. The zero-order chi connectivity index (χ0) is 23.4. The van der Waals surface area contributed by atoms with Gasteiger partial charge in [-0.15, -0.1) is 0 Å². The van der Waals surface area contributed by atoms with Gasteiger partial charge in [0.2, 0.25) is 11.5 Å². The van der Waals surface area contributed by atoms with Crippen molar-refractivity contribution >= 4 is 46.6 Å². The Balaban J connectivity index is 1.96. The van der Waals surface area contributed by atoms with E-state index in [1.807, 2.05) is 0 Å². The van der Waals surface area contributed by atoms with Crippen molar-refractivity contribution in [3.05, 3.63) is 79.9 Å². The first-order chi connectivity index (χ1) is 15.2. The largest absolute Gasteiger partial charge is 0.502 e. The van der Waals surface area contributed by atoms with E-state index in [9.17, 15) is 30.4 Å². The van der Waals surface area contributed by atoms with Crippen LogP contribution in [0.1, 0.15) is 11.1 Å². The molecule has 0 saturated carbocycles. The Morgan fingerprint density at radius 3 is 1.53 bits per heavy atom. The van der Waals surface area contributed by atoms with E-state index in [1.165, 1.54) is 48.8 Å². The van der Waals surface area contributed by atoms with Crippen LogP contribution in [0.15, 0.2) is 58.5 Å². The van der Waals surface area contributed by atoms with Gasteiger partial charge < -0.3 is 21.7 Å². The summed E-state index contributed by atoms with van der Waals surface area (Å²) < 4.78 is 0. The Morgan fingerprint density at radius 2 is 1.16 bits per heavy atom. The van der Waals surface area contributed by atoms with Gasteiger partial charge in [-0.1, -0.05) is 12.1 Å². The second-order valence-corrected chi connectivity index (χ2v) is 6.43. The molecule has 3 aromatic carbocycles. The highest BCUT2D eigenvalue weighted by Gasteiger charge is 2.16. The van der Waals surface area contributed by atoms with Crippen LogP contribution in [0.4, 0.5) is 34.1 Å². The highest BCUT2D eigenvalue weighted by molar-refractivity contribution is 5.92. The van der Waals surface area contributed by atoms with Crippen LogP contribution >= 0.6 is 0 Å². The van der Waals surface area contributed by atoms with Crippen LogP contribution in [-0.4, -0.2) is 32.5 Å². The van der Waals surface area contributed by atoms with Crippen LogP contribution in [0.2, 0.25) is 0 Å². The Hall–Kier alpha value is -5.00. The molecule has 12 heteroatoms. The molecule has 0 fully saturated rings. The molecule has 3 rings (SSSR count). The number of anilines is 2. The number of aromatic hydroxyl groups is 2. The minimum atomic E-state index is -0.722. The number of nitrogens with zero attached hydrogens (tertiary/aromatic N) is 4. The molecule has 0 bridgehead atoms. The van der Waals surface area contributed by atoms with Crippen LogP contribution in [0, 0.1) is 20.2 Å². The van der Waals surface area contributed by atoms with Crippen LogP contribution in [0.5, 0.6) is 11.5 Å². The van der Waals surface area contributed by atoms with Crippen LogP contribution in [0.25, 0.3) is 0 Å². The van der Waals surface area contributed by atoms with E-state index >= 15 is 0 Å². The van der Waals surface area contributed by atoms with Gasteiger partial charge in [0.15, 0.2) is 0 Å². The number of benzene rings is 3. The Bertz CT molecular complexity index is 1190. The van der Waals surface area contributed by atoms with Crippen molar-refractivity contribution in [3.63, 3.8) is 0 Å². The lowest BCUT2D eigenvalue weighted by Crippen LogP contribution is -1.94. The summed E-state index contributed by atoms with van der Waals surface area (Å²) in [4.78, 5) is 28.8. The molecule has 32 heavy (non-hydrogen) atoms. The molecule has 0 aliphatic heterocycles. The van der Waals surface area contributed by atoms with E-state index < -0.39 is 32.7 Å². The van der Waals surface area contributed by atoms with Crippen molar-refractivity contribution in [2.24, 2.45) is 9.98 Å². The molecule has 0 saturated heterocycles.